The van der Waals surface area contributed by atoms with Gasteiger partial charge in [-0.1, -0.05) is 27.7 Å². The van der Waals surface area contributed by atoms with E-state index >= 15 is 0 Å². The number of aliphatic hydroxyl groups is 1. The van der Waals surface area contributed by atoms with E-state index in [0.717, 1.165) is 19.4 Å². The summed E-state index contributed by atoms with van der Waals surface area (Å²) in [5.41, 5.74) is 0. The number of hydrogen-bond donors (Lipinski definition) is 2. The fraction of sp³-hybridized carbons (Fsp3) is 0.867. The first-order valence-corrected chi connectivity index (χ1v) is 7.56. The molecule has 0 bridgehead atoms. The highest BCUT2D eigenvalue weighted by Crippen LogP contribution is 2.19. The lowest BCUT2D eigenvalue weighted by atomic mass is 9.95. The average molecular weight is 284 g/mol. The fourth-order valence-electron chi connectivity index (χ4n) is 2.48. The summed E-state index contributed by atoms with van der Waals surface area (Å²) in [6.45, 7) is 8.89. The predicted octanol–water partition coefficient (Wildman–Crippen LogP) is 1.01. The average Bonchev–Trinajstić information content (AvgIpc) is 2.43. The molecule has 0 spiro atoms. The molecule has 2 N–H and O–H groups in total. The van der Waals surface area contributed by atoms with Crippen molar-refractivity contribution >= 4 is 11.8 Å². The third kappa shape index (κ3) is 4.47. The molecule has 5 heteroatoms. The van der Waals surface area contributed by atoms with Crippen LogP contribution in [0.3, 0.4) is 0 Å². The molecule has 2 amide bonds. The van der Waals surface area contributed by atoms with Gasteiger partial charge in [0, 0.05) is 19.0 Å². The van der Waals surface area contributed by atoms with Gasteiger partial charge in [-0.15, -0.1) is 0 Å². The van der Waals surface area contributed by atoms with Gasteiger partial charge in [0.2, 0.25) is 11.8 Å². The zero-order chi connectivity index (χ0) is 15.3. The minimum absolute atomic E-state index is 0.0299. The Hall–Kier alpha value is -1.10. The molecule has 1 saturated heterocycles. The van der Waals surface area contributed by atoms with E-state index in [-0.39, 0.29) is 42.2 Å². The molecule has 0 aliphatic carbocycles. The van der Waals surface area contributed by atoms with Crippen molar-refractivity contribution in [3.05, 3.63) is 0 Å². The normalized spacial score (nSPS) is 21.1. The Bertz CT molecular complexity index is 342. The number of carbonyl (C=O) groups excluding carboxylic acids is 2. The molecule has 116 valence electrons. The van der Waals surface area contributed by atoms with Crippen molar-refractivity contribution in [3.63, 3.8) is 0 Å². The Morgan fingerprint density at radius 2 is 1.95 bits per heavy atom. The molecule has 0 saturated carbocycles. The molecule has 1 fully saturated rings. The van der Waals surface area contributed by atoms with Crippen LogP contribution in [0.4, 0.5) is 0 Å². The molecule has 5 nitrogen and oxygen atoms in total. The van der Waals surface area contributed by atoms with Gasteiger partial charge in [-0.05, 0) is 18.8 Å². The van der Waals surface area contributed by atoms with Gasteiger partial charge in [0.05, 0.1) is 18.6 Å². The van der Waals surface area contributed by atoms with Crippen molar-refractivity contribution in [3.8, 4) is 0 Å². The topological polar surface area (TPSA) is 69.6 Å². The smallest absolute Gasteiger partial charge is 0.225 e. The van der Waals surface area contributed by atoms with E-state index in [2.05, 4.69) is 5.32 Å². The van der Waals surface area contributed by atoms with Crippen molar-refractivity contribution < 1.29 is 14.7 Å². The summed E-state index contributed by atoms with van der Waals surface area (Å²) in [7, 11) is 0. The van der Waals surface area contributed by atoms with E-state index in [1.54, 1.807) is 4.90 Å². The maximum absolute atomic E-state index is 12.2. The summed E-state index contributed by atoms with van der Waals surface area (Å²) < 4.78 is 0. The third-order valence-corrected chi connectivity index (χ3v) is 3.93. The first-order chi connectivity index (χ1) is 9.36. The lowest BCUT2D eigenvalue weighted by Gasteiger charge is -2.34. The van der Waals surface area contributed by atoms with Gasteiger partial charge in [-0.25, -0.2) is 0 Å². The monoisotopic (exact) mass is 284 g/mol. The van der Waals surface area contributed by atoms with Crippen LogP contribution in [0.5, 0.6) is 0 Å². The molecule has 1 heterocycles. The molecule has 20 heavy (non-hydrogen) atoms. The van der Waals surface area contributed by atoms with E-state index in [0.29, 0.717) is 6.54 Å². The highest BCUT2D eigenvalue weighted by atomic mass is 16.3. The number of nitrogens with one attached hydrogen (secondary N) is 1. The maximum Gasteiger partial charge on any atom is 0.225 e. The minimum atomic E-state index is -0.210. The molecular formula is C15H28N2O3. The number of carbonyl (C=O) groups is 2. The Morgan fingerprint density at radius 3 is 2.45 bits per heavy atom. The number of likely N-dealkylation sites (tertiary alicyclic amines) is 1. The van der Waals surface area contributed by atoms with Crippen molar-refractivity contribution in [1.82, 2.24) is 10.2 Å². The van der Waals surface area contributed by atoms with E-state index < -0.39 is 0 Å². The van der Waals surface area contributed by atoms with Crippen LogP contribution in [-0.4, -0.2) is 47.6 Å². The molecule has 0 aromatic carbocycles. The second kappa shape index (κ2) is 7.62. The summed E-state index contributed by atoms with van der Waals surface area (Å²) in [6, 6.07) is -0.210. The lowest BCUT2D eigenvalue weighted by Crippen LogP contribution is -2.50. The number of rotatable bonds is 5. The third-order valence-electron chi connectivity index (χ3n) is 3.93. The number of nitrogens with zero attached hydrogens (tertiary/aromatic N) is 1. The van der Waals surface area contributed by atoms with Crippen LogP contribution in [0.25, 0.3) is 0 Å². The molecule has 1 aliphatic heterocycles. The van der Waals surface area contributed by atoms with E-state index in [4.69, 9.17) is 0 Å². The van der Waals surface area contributed by atoms with Crippen LogP contribution in [-0.2, 0) is 9.59 Å². The van der Waals surface area contributed by atoms with Crippen LogP contribution in [0.15, 0.2) is 0 Å². The molecule has 1 aliphatic rings. The van der Waals surface area contributed by atoms with Gasteiger partial charge < -0.3 is 15.3 Å². The second-order valence-corrected chi connectivity index (χ2v) is 6.32. The largest absolute Gasteiger partial charge is 0.394 e. The fourth-order valence-corrected chi connectivity index (χ4v) is 2.48. The molecule has 2 atom stereocenters. The highest BCUT2D eigenvalue weighted by molar-refractivity contribution is 5.82. The first kappa shape index (κ1) is 17.0. The van der Waals surface area contributed by atoms with Gasteiger partial charge >= 0.3 is 0 Å². The Balaban J connectivity index is 2.58. The molecule has 1 rings (SSSR count). The van der Waals surface area contributed by atoms with Gasteiger partial charge in [0.25, 0.3) is 0 Å². The number of piperidine rings is 1. The standard InChI is InChI=1S/C15H28N2O3/c1-10(2)13(9-18)16-14(19)12-6-5-7-17(8-12)15(20)11(3)4/h10-13,18H,5-9H2,1-4H3,(H,16,19)/t12?,13-/m1/s1. The van der Waals surface area contributed by atoms with Gasteiger partial charge in [-0.2, -0.15) is 0 Å². The summed E-state index contributed by atoms with van der Waals surface area (Å²) in [4.78, 5) is 26.0. The lowest BCUT2D eigenvalue weighted by molar-refractivity contribution is -0.138. The van der Waals surface area contributed by atoms with Gasteiger partial charge in [0.15, 0.2) is 0 Å². The van der Waals surface area contributed by atoms with Crippen LogP contribution < -0.4 is 5.32 Å². The maximum atomic E-state index is 12.2. The van der Waals surface area contributed by atoms with E-state index in [1.807, 2.05) is 27.7 Å². The van der Waals surface area contributed by atoms with E-state index in [9.17, 15) is 14.7 Å². The van der Waals surface area contributed by atoms with Gasteiger partial charge in [-0.3, -0.25) is 9.59 Å². The molecule has 1 unspecified atom stereocenters. The zero-order valence-corrected chi connectivity index (χ0v) is 13.1. The second-order valence-electron chi connectivity index (χ2n) is 6.32. The summed E-state index contributed by atoms with van der Waals surface area (Å²) in [5, 5.41) is 12.2. The summed E-state index contributed by atoms with van der Waals surface area (Å²) in [5.74, 6) is 0.0851. The van der Waals surface area contributed by atoms with Crippen LogP contribution in [0.1, 0.15) is 40.5 Å². The Labute approximate surface area is 121 Å². The van der Waals surface area contributed by atoms with Crippen molar-refractivity contribution in [2.45, 2.75) is 46.6 Å². The number of hydrogen-bond acceptors (Lipinski definition) is 3. The number of amides is 2. The molecule has 0 radical (unpaired) electrons. The zero-order valence-electron chi connectivity index (χ0n) is 13.1. The predicted molar refractivity (Wildman–Crippen MR) is 78.0 cm³/mol. The van der Waals surface area contributed by atoms with Crippen molar-refractivity contribution in [1.29, 1.82) is 0 Å². The van der Waals surface area contributed by atoms with Crippen LogP contribution in [0, 0.1) is 17.8 Å². The van der Waals surface area contributed by atoms with Crippen molar-refractivity contribution in [2.75, 3.05) is 19.7 Å². The SMILES string of the molecule is CC(C)C(=O)N1CCCC(C(=O)N[C@H](CO)C(C)C)C1. The van der Waals surface area contributed by atoms with E-state index in [1.165, 1.54) is 0 Å². The molecule has 0 aromatic heterocycles. The summed E-state index contributed by atoms with van der Waals surface area (Å²) >= 11 is 0. The Morgan fingerprint density at radius 1 is 1.30 bits per heavy atom. The van der Waals surface area contributed by atoms with Crippen molar-refractivity contribution in [2.24, 2.45) is 17.8 Å². The van der Waals surface area contributed by atoms with Gasteiger partial charge in [0.1, 0.15) is 0 Å². The van der Waals surface area contributed by atoms with Crippen LogP contribution >= 0.6 is 0 Å². The van der Waals surface area contributed by atoms with Crippen LogP contribution in [0.2, 0.25) is 0 Å². The highest BCUT2D eigenvalue weighted by Gasteiger charge is 2.30. The number of aliphatic hydroxyl groups excluding tert-OH is 1. The quantitative estimate of drug-likeness (QED) is 0.792. The summed E-state index contributed by atoms with van der Waals surface area (Å²) in [6.07, 6.45) is 1.67. The Kier molecular flexibility index (Phi) is 6.46. The molecular weight excluding hydrogens is 256 g/mol. The first-order valence-electron chi connectivity index (χ1n) is 7.56. The minimum Gasteiger partial charge on any atom is -0.394 e. The molecule has 0 aromatic rings.